The zero-order chi connectivity index (χ0) is 22.0. The Kier molecular flexibility index (Phi) is 5.73. The molecule has 0 saturated carbocycles. The van der Waals surface area contributed by atoms with E-state index < -0.39 is 17.7 Å². The van der Waals surface area contributed by atoms with Gasteiger partial charge in [-0.05, 0) is 30.3 Å². The number of likely N-dealkylation sites (tertiary alicyclic amines) is 1. The van der Waals surface area contributed by atoms with Gasteiger partial charge in [0, 0.05) is 22.3 Å². The van der Waals surface area contributed by atoms with Crippen LogP contribution in [0.15, 0.2) is 78.5 Å². The molecule has 1 atom stereocenters. The average molecular weight is 435 g/mol. The van der Waals surface area contributed by atoms with Crippen LogP contribution in [0.1, 0.15) is 22.9 Å². The van der Waals surface area contributed by atoms with E-state index in [0.29, 0.717) is 27.6 Å². The molecule has 1 N–H and O–H groups in total. The smallest absolute Gasteiger partial charge is 0.296 e. The minimum atomic E-state index is -0.850. The lowest BCUT2D eigenvalue weighted by atomic mass is 9.94. The van der Waals surface area contributed by atoms with Gasteiger partial charge in [-0.25, -0.2) is 0 Å². The number of aromatic nitrogens is 1. The molecule has 3 aromatic rings. The van der Waals surface area contributed by atoms with Gasteiger partial charge in [0.25, 0.3) is 11.7 Å². The molecule has 1 aliphatic heterocycles. The summed E-state index contributed by atoms with van der Waals surface area (Å²) in [6, 6.07) is 18.1. The Hall–Kier alpha value is -3.64. The van der Waals surface area contributed by atoms with E-state index in [-0.39, 0.29) is 17.9 Å². The second-order valence-corrected chi connectivity index (χ2v) is 7.44. The number of carbonyl (C=O) groups excluding carboxylic acids is 2. The summed E-state index contributed by atoms with van der Waals surface area (Å²) < 4.78 is 5.49. The molecule has 0 bridgehead atoms. The monoisotopic (exact) mass is 434 g/mol. The van der Waals surface area contributed by atoms with Crippen LogP contribution in [-0.4, -0.2) is 33.8 Å². The third-order valence-corrected chi connectivity index (χ3v) is 5.37. The van der Waals surface area contributed by atoms with Gasteiger partial charge >= 0.3 is 0 Å². The molecule has 0 radical (unpaired) electrons. The highest BCUT2D eigenvalue weighted by Gasteiger charge is 2.47. The van der Waals surface area contributed by atoms with E-state index in [9.17, 15) is 14.7 Å². The third-order valence-electron chi connectivity index (χ3n) is 5.13. The first-order valence-corrected chi connectivity index (χ1v) is 9.96. The Bertz CT molecular complexity index is 1180. The number of ether oxygens (including phenoxy) is 1. The molecule has 1 aliphatic rings. The molecule has 2 heterocycles. The Morgan fingerprint density at radius 2 is 1.87 bits per heavy atom. The summed E-state index contributed by atoms with van der Waals surface area (Å²) in [7, 11) is 1.51. The Morgan fingerprint density at radius 1 is 1.10 bits per heavy atom. The quantitative estimate of drug-likeness (QED) is 0.366. The fourth-order valence-corrected chi connectivity index (χ4v) is 3.91. The number of nitrogens with zero attached hydrogens (tertiary/aromatic N) is 2. The summed E-state index contributed by atoms with van der Waals surface area (Å²) >= 11 is 6.07. The molecule has 1 amide bonds. The van der Waals surface area contributed by atoms with Crippen LogP contribution < -0.4 is 4.74 Å². The van der Waals surface area contributed by atoms with Crippen molar-refractivity contribution >= 4 is 29.1 Å². The van der Waals surface area contributed by atoms with Gasteiger partial charge in [-0.15, -0.1) is 0 Å². The van der Waals surface area contributed by atoms with E-state index in [4.69, 9.17) is 16.3 Å². The van der Waals surface area contributed by atoms with Gasteiger partial charge in [0.05, 0.1) is 31.0 Å². The lowest BCUT2D eigenvalue weighted by Gasteiger charge is -2.26. The molecular formula is C24H19ClN2O4. The van der Waals surface area contributed by atoms with Crippen LogP contribution in [0.3, 0.4) is 0 Å². The maximum Gasteiger partial charge on any atom is 0.296 e. The highest BCUT2D eigenvalue weighted by Crippen LogP contribution is 2.43. The summed E-state index contributed by atoms with van der Waals surface area (Å²) in [4.78, 5) is 31.8. The molecule has 1 fully saturated rings. The molecule has 4 rings (SSSR count). The molecule has 1 unspecified atom stereocenters. The third kappa shape index (κ3) is 3.90. The van der Waals surface area contributed by atoms with Gasteiger partial charge in [-0.2, -0.15) is 0 Å². The molecule has 2 aromatic carbocycles. The largest absolute Gasteiger partial charge is 0.507 e. The summed E-state index contributed by atoms with van der Waals surface area (Å²) in [5, 5.41) is 11.5. The predicted molar refractivity (Wildman–Crippen MR) is 117 cm³/mol. The number of aliphatic hydroxyl groups excluding tert-OH is 1. The fourth-order valence-electron chi connectivity index (χ4n) is 3.72. The maximum absolute atomic E-state index is 13.1. The Morgan fingerprint density at radius 3 is 2.58 bits per heavy atom. The van der Waals surface area contributed by atoms with Gasteiger partial charge < -0.3 is 14.7 Å². The minimum Gasteiger partial charge on any atom is -0.507 e. The maximum atomic E-state index is 13.1. The molecular weight excluding hydrogens is 416 g/mol. The van der Waals surface area contributed by atoms with Crippen molar-refractivity contribution in [3.63, 3.8) is 0 Å². The summed E-state index contributed by atoms with van der Waals surface area (Å²) in [5.74, 6) is -1.29. The van der Waals surface area contributed by atoms with Crippen molar-refractivity contribution in [1.82, 2.24) is 9.88 Å². The molecule has 0 aliphatic carbocycles. The van der Waals surface area contributed by atoms with Gasteiger partial charge in [-0.3, -0.25) is 14.6 Å². The number of hydrogen-bond donors (Lipinski definition) is 1. The van der Waals surface area contributed by atoms with E-state index >= 15 is 0 Å². The molecule has 7 heteroatoms. The van der Waals surface area contributed by atoms with E-state index in [2.05, 4.69) is 4.98 Å². The van der Waals surface area contributed by atoms with E-state index in [1.54, 1.807) is 66.9 Å². The van der Waals surface area contributed by atoms with Crippen molar-refractivity contribution in [1.29, 1.82) is 0 Å². The number of methoxy groups -OCH3 is 1. The zero-order valence-electron chi connectivity index (χ0n) is 16.7. The van der Waals surface area contributed by atoms with Gasteiger partial charge in [0.2, 0.25) is 0 Å². The lowest BCUT2D eigenvalue weighted by molar-refractivity contribution is -0.140. The van der Waals surface area contributed by atoms with Crippen molar-refractivity contribution < 1.29 is 19.4 Å². The average Bonchev–Trinajstić information content (AvgIpc) is 3.04. The highest BCUT2D eigenvalue weighted by molar-refractivity contribution is 6.46. The number of carbonyl (C=O) groups is 2. The fraction of sp³-hybridized carbons (Fsp3) is 0.125. The number of aliphatic hydroxyl groups is 1. The number of pyridine rings is 1. The number of benzene rings is 2. The number of Topliss-reactive ketones (excluding diaryl/α,β-unsaturated/α-hetero) is 1. The van der Waals surface area contributed by atoms with Crippen LogP contribution in [0.2, 0.25) is 5.02 Å². The van der Waals surface area contributed by atoms with E-state index in [0.717, 1.165) is 0 Å². The van der Waals surface area contributed by atoms with Crippen molar-refractivity contribution in [2.75, 3.05) is 7.11 Å². The van der Waals surface area contributed by atoms with E-state index in [1.165, 1.54) is 12.0 Å². The minimum absolute atomic E-state index is 0.0207. The first-order valence-electron chi connectivity index (χ1n) is 9.58. The molecule has 0 spiro atoms. The SMILES string of the molecule is COc1ccccc1C1/C(=C(/O)c2cccc(Cl)c2)C(=O)C(=O)N1Cc1ccccn1. The van der Waals surface area contributed by atoms with Crippen LogP contribution in [0.25, 0.3) is 5.76 Å². The summed E-state index contributed by atoms with van der Waals surface area (Å²) in [5.41, 5.74) is 1.53. The molecule has 1 aromatic heterocycles. The topological polar surface area (TPSA) is 79.7 Å². The van der Waals surface area contributed by atoms with Gasteiger partial charge in [0.1, 0.15) is 11.5 Å². The van der Waals surface area contributed by atoms with Gasteiger partial charge in [-0.1, -0.05) is 48.0 Å². The molecule has 156 valence electrons. The number of para-hydroxylation sites is 1. The second-order valence-electron chi connectivity index (χ2n) is 7.00. The van der Waals surface area contributed by atoms with Crippen LogP contribution in [0.5, 0.6) is 5.75 Å². The van der Waals surface area contributed by atoms with Crippen LogP contribution in [0.4, 0.5) is 0 Å². The van der Waals surface area contributed by atoms with Crippen molar-refractivity contribution in [2.45, 2.75) is 12.6 Å². The normalized spacial score (nSPS) is 17.7. The first-order chi connectivity index (χ1) is 15.0. The molecule has 31 heavy (non-hydrogen) atoms. The Labute approximate surface area is 184 Å². The number of amides is 1. The van der Waals surface area contributed by atoms with Crippen LogP contribution >= 0.6 is 11.6 Å². The Balaban J connectivity index is 1.91. The zero-order valence-corrected chi connectivity index (χ0v) is 17.4. The molecule has 1 saturated heterocycles. The van der Waals surface area contributed by atoms with Crippen molar-refractivity contribution in [3.8, 4) is 5.75 Å². The lowest BCUT2D eigenvalue weighted by Crippen LogP contribution is -2.29. The number of halogens is 1. The van der Waals surface area contributed by atoms with Crippen molar-refractivity contribution in [3.05, 3.63) is 100 Å². The summed E-state index contributed by atoms with van der Waals surface area (Å²) in [6.45, 7) is 0.0977. The standard InChI is InChI=1S/C24H19ClN2O4/c1-31-19-11-3-2-10-18(19)21-20(22(28)15-7-6-8-16(25)13-15)23(29)24(30)27(21)14-17-9-4-5-12-26-17/h2-13,21,28H,14H2,1H3/b22-20-. The van der Waals surface area contributed by atoms with E-state index in [1.807, 2.05) is 6.07 Å². The predicted octanol–water partition coefficient (Wildman–Crippen LogP) is 4.37. The number of hydrogen-bond acceptors (Lipinski definition) is 5. The van der Waals surface area contributed by atoms with Gasteiger partial charge in [0.15, 0.2) is 0 Å². The second kappa shape index (κ2) is 8.62. The molecule has 6 nitrogen and oxygen atoms in total. The number of rotatable bonds is 5. The first kappa shape index (κ1) is 20.6. The highest BCUT2D eigenvalue weighted by atomic mass is 35.5. The van der Waals surface area contributed by atoms with Crippen molar-refractivity contribution in [2.24, 2.45) is 0 Å². The summed E-state index contributed by atoms with van der Waals surface area (Å²) in [6.07, 6.45) is 1.62. The van der Waals surface area contributed by atoms with Crippen LogP contribution in [0, 0.1) is 0 Å². The van der Waals surface area contributed by atoms with Crippen LogP contribution in [-0.2, 0) is 16.1 Å². The number of ketones is 1.